The number of fused-ring (bicyclic) bond motifs is 1. The molecule has 1 heterocycles. The first-order valence-corrected chi connectivity index (χ1v) is 10.1. The van der Waals surface area contributed by atoms with Gasteiger partial charge in [0.25, 0.3) is 0 Å². The van der Waals surface area contributed by atoms with Gasteiger partial charge in [-0.2, -0.15) is 0 Å². The summed E-state index contributed by atoms with van der Waals surface area (Å²) in [6, 6.07) is 16.1. The van der Waals surface area contributed by atoms with E-state index in [0.29, 0.717) is 11.6 Å². The van der Waals surface area contributed by atoms with Gasteiger partial charge in [-0.15, -0.1) is 0 Å². The maximum atomic E-state index is 11.0. The molecule has 0 spiro atoms. The summed E-state index contributed by atoms with van der Waals surface area (Å²) in [5.74, 6) is 0.995. The summed E-state index contributed by atoms with van der Waals surface area (Å²) in [5.41, 5.74) is 2.07. The van der Waals surface area contributed by atoms with E-state index in [1.165, 1.54) is 19.8 Å². The fraction of sp³-hybridized carbons (Fsp3) is 0.333. The number of benzene rings is 2. The highest BCUT2D eigenvalue weighted by atomic mass is 16.7. The van der Waals surface area contributed by atoms with Crippen molar-refractivity contribution >= 4 is 16.7 Å². The van der Waals surface area contributed by atoms with Crippen LogP contribution in [0.4, 0.5) is 0 Å². The molecule has 1 aromatic heterocycles. The monoisotopic (exact) mass is 391 g/mol. The highest BCUT2D eigenvalue weighted by Crippen LogP contribution is 2.33. The smallest absolute Gasteiger partial charge is 0.305 e. The average molecular weight is 391 g/mol. The Labute approximate surface area is 170 Å². The number of esters is 1. The largest absolute Gasteiger partial charge is 0.474 e. The van der Waals surface area contributed by atoms with Crippen LogP contribution < -0.4 is 9.47 Å². The van der Waals surface area contributed by atoms with Gasteiger partial charge in [-0.1, -0.05) is 18.2 Å². The minimum absolute atomic E-state index is 0.267. The van der Waals surface area contributed by atoms with Crippen LogP contribution in [0, 0.1) is 0 Å². The predicted octanol–water partition coefficient (Wildman–Crippen LogP) is 5.51. The van der Waals surface area contributed by atoms with Crippen molar-refractivity contribution in [2.45, 2.75) is 51.9 Å². The molecule has 150 valence electrons. The Bertz CT molecular complexity index is 1010. The number of hydrogen-bond donors (Lipinski definition) is 0. The van der Waals surface area contributed by atoms with E-state index in [-0.39, 0.29) is 12.1 Å². The molecular weight excluding hydrogens is 366 g/mol. The molecule has 0 radical (unpaired) electrons. The van der Waals surface area contributed by atoms with Crippen LogP contribution in [0.1, 0.15) is 39.5 Å². The molecule has 1 unspecified atom stereocenters. The summed E-state index contributed by atoms with van der Waals surface area (Å²) >= 11 is 0. The summed E-state index contributed by atoms with van der Waals surface area (Å²) < 4.78 is 16.9. The third-order valence-corrected chi connectivity index (χ3v) is 5.11. The van der Waals surface area contributed by atoms with E-state index in [4.69, 9.17) is 14.2 Å². The summed E-state index contributed by atoms with van der Waals surface area (Å²) in [4.78, 5) is 15.5. The van der Waals surface area contributed by atoms with Crippen LogP contribution in [-0.2, 0) is 9.53 Å². The second kappa shape index (κ2) is 8.52. The lowest BCUT2D eigenvalue weighted by molar-refractivity contribution is -0.158. The third kappa shape index (κ3) is 4.67. The molecule has 0 bridgehead atoms. The molecule has 0 N–H and O–H groups in total. The van der Waals surface area contributed by atoms with Gasteiger partial charge >= 0.3 is 5.97 Å². The molecule has 1 fully saturated rings. The normalized spacial score (nSPS) is 15.2. The van der Waals surface area contributed by atoms with E-state index in [1.807, 2.05) is 24.3 Å². The molecule has 1 aliphatic rings. The Morgan fingerprint density at radius 2 is 1.83 bits per heavy atom. The Hall–Kier alpha value is -3.08. The van der Waals surface area contributed by atoms with E-state index in [1.54, 1.807) is 13.1 Å². The molecule has 0 aliphatic heterocycles. The zero-order chi connectivity index (χ0) is 20.2. The van der Waals surface area contributed by atoms with Crippen LogP contribution in [0.5, 0.6) is 11.6 Å². The molecule has 5 heteroatoms. The second-order valence-corrected chi connectivity index (χ2v) is 7.40. The molecule has 0 saturated heterocycles. The number of pyridine rings is 1. The van der Waals surface area contributed by atoms with Gasteiger partial charge in [-0.25, -0.2) is 4.98 Å². The van der Waals surface area contributed by atoms with Crippen molar-refractivity contribution in [1.82, 2.24) is 4.98 Å². The Balaban J connectivity index is 1.58. The first-order valence-electron chi connectivity index (χ1n) is 10.1. The molecule has 1 atom stereocenters. The van der Waals surface area contributed by atoms with Crippen LogP contribution >= 0.6 is 0 Å². The van der Waals surface area contributed by atoms with Gasteiger partial charge in [-0.3, -0.25) is 4.79 Å². The van der Waals surface area contributed by atoms with Crippen molar-refractivity contribution in [3.63, 3.8) is 0 Å². The van der Waals surface area contributed by atoms with Crippen LogP contribution in [0.3, 0.4) is 0 Å². The van der Waals surface area contributed by atoms with Crippen molar-refractivity contribution in [3.05, 3.63) is 54.7 Å². The summed E-state index contributed by atoms with van der Waals surface area (Å²) in [6.07, 6.45) is 6.07. The van der Waals surface area contributed by atoms with Crippen LogP contribution in [-0.4, -0.2) is 23.3 Å². The van der Waals surface area contributed by atoms with Gasteiger partial charge in [0, 0.05) is 25.6 Å². The van der Waals surface area contributed by atoms with Gasteiger partial charge in [-0.05, 0) is 72.4 Å². The first kappa shape index (κ1) is 19.2. The third-order valence-electron chi connectivity index (χ3n) is 5.11. The van der Waals surface area contributed by atoms with Gasteiger partial charge in [0.15, 0.2) is 0 Å². The summed E-state index contributed by atoms with van der Waals surface area (Å²) in [5, 5.41) is 2.13. The standard InChI is InChI=1S/C24H25NO4/c1-16(26)27-17(2)28-22-12-11-18-14-20(10-9-19(18)15-22)23-8-5-13-25-24(23)29-21-6-3-4-7-21/h5,8-15,17,21H,3-4,6-7H2,1-2H3. The van der Waals surface area contributed by atoms with E-state index in [0.717, 1.165) is 34.7 Å². The zero-order valence-electron chi connectivity index (χ0n) is 16.8. The Morgan fingerprint density at radius 1 is 1.07 bits per heavy atom. The van der Waals surface area contributed by atoms with E-state index in [2.05, 4.69) is 29.2 Å². The number of hydrogen-bond acceptors (Lipinski definition) is 5. The lowest BCUT2D eigenvalue weighted by Crippen LogP contribution is -2.18. The molecule has 1 saturated carbocycles. The quantitative estimate of drug-likeness (QED) is 0.409. The first-order chi connectivity index (χ1) is 14.1. The molecule has 29 heavy (non-hydrogen) atoms. The molecule has 0 amide bonds. The fourth-order valence-corrected chi connectivity index (χ4v) is 3.78. The average Bonchev–Trinajstić information content (AvgIpc) is 3.20. The number of ether oxygens (including phenoxy) is 3. The number of carbonyl (C=O) groups is 1. The van der Waals surface area contributed by atoms with Gasteiger partial charge in [0.2, 0.25) is 12.2 Å². The summed E-state index contributed by atoms with van der Waals surface area (Å²) in [7, 11) is 0. The SMILES string of the molecule is CC(=O)OC(C)Oc1ccc2cc(-c3cccnc3OC3CCCC3)ccc2c1. The Morgan fingerprint density at radius 3 is 2.62 bits per heavy atom. The Kier molecular flexibility index (Phi) is 5.65. The van der Waals surface area contributed by atoms with Crippen LogP contribution in [0.25, 0.3) is 21.9 Å². The van der Waals surface area contributed by atoms with Gasteiger partial charge in [0.05, 0.1) is 0 Å². The maximum absolute atomic E-state index is 11.0. The number of carbonyl (C=O) groups excluding carboxylic acids is 1. The van der Waals surface area contributed by atoms with Gasteiger partial charge in [0.1, 0.15) is 11.9 Å². The van der Waals surface area contributed by atoms with Crippen LogP contribution in [0.2, 0.25) is 0 Å². The van der Waals surface area contributed by atoms with Crippen molar-refractivity contribution in [3.8, 4) is 22.8 Å². The van der Waals surface area contributed by atoms with Crippen molar-refractivity contribution in [2.75, 3.05) is 0 Å². The van der Waals surface area contributed by atoms with E-state index >= 15 is 0 Å². The van der Waals surface area contributed by atoms with Crippen molar-refractivity contribution in [2.24, 2.45) is 0 Å². The van der Waals surface area contributed by atoms with Gasteiger partial charge < -0.3 is 14.2 Å². The lowest BCUT2D eigenvalue weighted by atomic mass is 10.0. The topological polar surface area (TPSA) is 57.7 Å². The van der Waals surface area contributed by atoms with Crippen LogP contribution in [0.15, 0.2) is 54.7 Å². The molecular formula is C24H25NO4. The zero-order valence-corrected chi connectivity index (χ0v) is 16.8. The predicted molar refractivity (Wildman–Crippen MR) is 112 cm³/mol. The second-order valence-electron chi connectivity index (χ2n) is 7.40. The molecule has 1 aliphatic carbocycles. The molecule has 4 rings (SSSR count). The van der Waals surface area contributed by atoms with Crippen molar-refractivity contribution in [1.29, 1.82) is 0 Å². The molecule has 5 nitrogen and oxygen atoms in total. The highest BCUT2D eigenvalue weighted by Gasteiger charge is 2.19. The minimum atomic E-state index is -0.630. The van der Waals surface area contributed by atoms with E-state index in [9.17, 15) is 4.79 Å². The highest BCUT2D eigenvalue weighted by molar-refractivity contribution is 5.89. The number of rotatable bonds is 6. The molecule has 2 aromatic carbocycles. The fourth-order valence-electron chi connectivity index (χ4n) is 3.78. The van der Waals surface area contributed by atoms with Crippen molar-refractivity contribution < 1.29 is 19.0 Å². The lowest BCUT2D eigenvalue weighted by Gasteiger charge is -2.16. The number of aromatic nitrogens is 1. The van der Waals surface area contributed by atoms with E-state index < -0.39 is 6.29 Å². The number of nitrogens with zero attached hydrogens (tertiary/aromatic N) is 1. The maximum Gasteiger partial charge on any atom is 0.305 e. The minimum Gasteiger partial charge on any atom is -0.474 e. The summed E-state index contributed by atoms with van der Waals surface area (Å²) in [6.45, 7) is 3.06. The molecule has 3 aromatic rings.